The average molecular weight is 320 g/mol. The zero-order chi connectivity index (χ0) is 11.4. The highest BCUT2D eigenvalue weighted by molar-refractivity contribution is 14.1. The molecule has 0 unspecified atom stereocenters. The van der Waals surface area contributed by atoms with E-state index in [0.717, 1.165) is 0 Å². The molecule has 0 aliphatic heterocycles. The first kappa shape index (κ1) is 11.4. The lowest BCUT2D eigenvalue weighted by molar-refractivity contribution is 1.45. The van der Waals surface area contributed by atoms with Gasteiger partial charge in [-0.1, -0.05) is 71.1 Å². The summed E-state index contributed by atoms with van der Waals surface area (Å²) in [5.74, 6) is 0. The molecule has 0 saturated heterocycles. The highest BCUT2D eigenvalue weighted by Gasteiger charge is 2.03. The van der Waals surface area contributed by atoms with Gasteiger partial charge < -0.3 is 0 Å². The van der Waals surface area contributed by atoms with Crippen molar-refractivity contribution >= 4 is 28.7 Å². The number of halogens is 1. The van der Waals surface area contributed by atoms with E-state index in [1.165, 1.54) is 22.3 Å². The number of aryl methyl sites for hydroxylation is 1. The van der Waals surface area contributed by atoms with E-state index in [4.69, 9.17) is 0 Å². The van der Waals surface area contributed by atoms with Crippen LogP contribution in [-0.4, -0.2) is 0 Å². The highest BCUT2D eigenvalue weighted by Crippen LogP contribution is 2.27. The van der Waals surface area contributed by atoms with Crippen molar-refractivity contribution in [1.82, 2.24) is 0 Å². The van der Waals surface area contributed by atoms with E-state index in [0.29, 0.717) is 0 Å². The Morgan fingerprint density at radius 1 is 0.875 bits per heavy atom. The summed E-state index contributed by atoms with van der Waals surface area (Å²) in [5.41, 5.74) is 5.20. The molecular weight excluding hydrogens is 307 g/mol. The van der Waals surface area contributed by atoms with Crippen molar-refractivity contribution in [2.75, 3.05) is 0 Å². The molecule has 2 rings (SSSR count). The molecule has 0 spiro atoms. The molecule has 0 heterocycles. The van der Waals surface area contributed by atoms with Crippen LogP contribution in [0.2, 0.25) is 0 Å². The summed E-state index contributed by atoms with van der Waals surface area (Å²) in [7, 11) is 0. The summed E-state index contributed by atoms with van der Waals surface area (Å²) < 4.78 is 2.05. The average Bonchev–Trinajstić information content (AvgIpc) is 2.31. The molecule has 2 aromatic rings. The molecule has 0 fully saturated rings. The molecule has 0 saturated carbocycles. The first-order chi connectivity index (χ1) is 7.83. The van der Waals surface area contributed by atoms with E-state index in [9.17, 15) is 0 Å². The van der Waals surface area contributed by atoms with Crippen molar-refractivity contribution in [3.05, 3.63) is 63.7 Å². The van der Waals surface area contributed by atoms with E-state index in [1.807, 2.05) is 0 Å². The quantitative estimate of drug-likeness (QED) is 0.678. The summed E-state index contributed by atoms with van der Waals surface area (Å²) in [6.07, 6.45) is 2.14. The summed E-state index contributed by atoms with van der Waals surface area (Å²) in [6, 6.07) is 17.0. The van der Waals surface area contributed by atoms with Gasteiger partial charge in [-0.2, -0.15) is 0 Å². The monoisotopic (exact) mass is 320 g/mol. The fourth-order valence-electron chi connectivity index (χ4n) is 1.83. The molecule has 2 aromatic carbocycles. The Labute approximate surface area is 110 Å². The predicted molar refractivity (Wildman–Crippen MR) is 79.7 cm³/mol. The second kappa shape index (κ2) is 5.30. The van der Waals surface area contributed by atoms with Crippen molar-refractivity contribution < 1.29 is 0 Å². The van der Waals surface area contributed by atoms with Crippen molar-refractivity contribution in [3.63, 3.8) is 0 Å². The Kier molecular flexibility index (Phi) is 3.78. The van der Waals surface area contributed by atoms with Gasteiger partial charge in [0.05, 0.1) is 0 Å². The van der Waals surface area contributed by atoms with E-state index in [2.05, 4.69) is 88.2 Å². The normalized spacial score (nSPS) is 10.9. The van der Waals surface area contributed by atoms with Crippen LogP contribution in [-0.2, 0) is 0 Å². The topological polar surface area (TPSA) is 0 Å². The van der Waals surface area contributed by atoms with E-state index in [-0.39, 0.29) is 0 Å². The van der Waals surface area contributed by atoms with Crippen molar-refractivity contribution in [2.45, 2.75) is 6.92 Å². The van der Waals surface area contributed by atoms with Gasteiger partial charge in [0.1, 0.15) is 0 Å². The lowest BCUT2D eigenvalue weighted by atomic mass is 9.96. The fraction of sp³-hybridized carbons (Fsp3) is 0.0667. The van der Waals surface area contributed by atoms with Gasteiger partial charge in [0.15, 0.2) is 0 Å². The van der Waals surface area contributed by atoms with E-state index < -0.39 is 0 Å². The summed E-state index contributed by atoms with van der Waals surface area (Å²) >= 11 is 2.26. The van der Waals surface area contributed by atoms with Crippen LogP contribution in [0.5, 0.6) is 0 Å². The minimum absolute atomic E-state index is 1.27. The van der Waals surface area contributed by atoms with Crippen LogP contribution in [0.4, 0.5) is 0 Å². The molecule has 0 aromatic heterocycles. The summed E-state index contributed by atoms with van der Waals surface area (Å²) in [6.45, 7) is 2.15. The molecule has 0 bridgehead atoms. The fourth-order valence-corrected chi connectivity index (χ4v) is 2.22. The maximum Gasteiger partial charge on any atom is -0.0109 e. The predicted octanol–water partition coefficient (Wildman–Crippen LogP) is 5.07. The van der Waals surface area contributed by atoms with Crippen LogP contribution >= 0.6 is 22.6 Å². The maximum absolute atomic E-state index is 2.26. The minimum Gasteiger partial charge on any atom is -0.0620 e. The van der Waals surface area contributed by atoms with E-state index >= 15 is 0 Å². The van der Waals surface area contributed by atoms with Gasteiger partial charge in [-0.25, -0.2) is 0 Å². The van der Waals surface area contributed by atoms with Crippen LogP contribution in [0.25, 0.3) is 17.2 Å². The van der Waals surface area contributed by atoms with Gasteiger partial charge in [-0.15, -0.1) is 0 Å². The molecule has 16 heavy (non-hydrogen) atoms. The first-order valence-corrected chi connectivity index (χ1v) is 6.49. The Morgan fingerprint density at radius 3 is 2.19 bits per heavy atom. The number of benzene rings is 2. The largest absolute Gasteiger partial charge is 0.0620 e. The third-order valence-corrected chi connectivity index (χ3v) is 3.00. The Morgan fingerprint density at radius 2 is 1.50 bits per heavy atom. The molecule has 0 atom stereocenters. The SMILES string of the molecule is Cc1ccccc1-c1ccccc1C=CI. The van der Waals surface area contributed by atoms with Crippen molar-refractivity contribution in [3.8, 4) is 11.1 Å². The van der Waals surface area contributed by atoms with Gasteiger partial charge in [-0.3, -0.25) is 0 Å². The standard InChI is InChI=1S/C15H13I/c1-12-6-2-4-8-14(12)15-9-5-3-7-13(15)10-11-16/h2-11H,1H3. The lowest BCUT2D eigenvalue weighted by Crippen LogP contribution is -1.85. The molecule has 0 amide bonds. The van der Waals surface area contributed by atoms with Crippen LogP contribution in [0, 0.1) is 6.92 Å². The van der Waals surface area contributed by atoms with Crippen LogP contribution in [0.3, 0.4) is 0 Å². The van der Waals surface area contributed by atoms with Gasteiger partial charge in [0, 0.05) is 0 Å². The molecule has 0 radical (unpaired) electrons. The maximum atomic E-state index is 2.26. The van der Waals surface area contributed by atoms with Gasteiger partial charge in [-0.05, 0) is 39.3 Å². The van der Waals surface area contributed by atoms with Crippen LogP contribution in [0.1, 0.15) is 11.1 Å². The molecule has 80 valence electrons. The number of rotatable bonds is 2. The second-order valence-electron chi connectivity index (χ2n) is 3.69. The second-order valence-corrected chi connectivity index (χ2v) is 4.41. The van der Waals surface area contributed by atoms with Crippen LogP contribution in [0.15, 0.2) is 52.6 Å². The highest BCUT2D eigenvalue weighted by atomic mass is 127. The third kappa shape index (κ3) is 2.35. The van der Waals surface area contributed by atoms with Gasteiger partial charge >= 0.3 is 0 Å². The zero-order valence-electron chi connectivity index (χ0n) is 9.15. The Hall–Kier alpha value is -1.09. The third-order valence-electron chi connectivity index (χ3n) is 2.64. The number of hydrogen-bond acceptors (Lipinski definition) is 0. The summed E-state index contributed by atoms with van der Waals surface area (Å²) in [4.78, 5) is 0. The minimum atomic E-state index is 1.27. The number of hydrogen-bond donors (Lipinski definition) is 0. The van der Waals surface area contributed by atoms with Crippen molar-refractivity contribution in [1.29, 1.82) is 0 Å². The molecule has 1 heteroatoms. The Balaban J connectivity index is 2.60. The summed E-state index contributed by atoms with van der Waals surface area (Å²) in [5, 5.41) is 0. The molecule has 0 aliphatic rings. The van der Waals surface area contributed by atoms with Gasteiger partial charge in [0.25, 0.3) is 0 Å². The smallest absolute Gasteiger partial charge is 0.0109 e. The van der Waals surface area contributed by atoms with Crippen LogP contribution < -0.4 is 0 Å². The van der Waals surface area contributed by atoms with E-state index in [1.54, 1.807) is 0 Å². The Bertz CT molecular complexity index is 512. The molecule has 0 N–H and O–H groups in total. The molecule has 0 aliphatic carbocycles. The van der Waals surface area contributed by atoms with Crippen molar-refractivity contribution in [2.24, 2.45) is 0 Å². The molecule has 0 nitrogen and oxygen atoms in total. The first-order valence-electron chi connectivity index (χ1n) is 5.24. The zero-order valence-corrected chi connectivity index (χ0v) is 11.3. The van der Waals surface area contributed by atoms with Gasteiger partial charge in [0.2, 0.25) is 0 Å². The molecular formula is C15H13I. The lowest BCUT2D eigenvalue weighted by Gasteiger charge is -2.08.